The van der Waals surface area contributed by atoms with Gasteiger partial charge in [-0.3, -0.25) is 4.90 Å². The molecule has 0 unspecified atom stereocenters. The first-order chi connectivity index (χ1) is 8.81. The molecule has 0 aliphatic heterocycles. The van der Waals surface area contributed by atoms with Gasteiger partial charge in [0.25, 0.3) is 0 Å². The van der Waals surface area contributed by atoms with Crippen molar-refractivity contribution >= 4 is 0 Å². The smallest absolute Gasteiger partial charge is 0.230 e. The van der Waals surface area contributed by atoms with Gasteiger partial charge in [0, 0.05) is 25.4 Å². The highest BCUT2D eigenvalue weighted by Crippen LogP contribution is 2.18. The van der Waals surface area contributed by atoms with Crippen LogP contribution in [0.1, 0.15) is 58.7 Å². The molecular weight excluding hydrogens is 240 g/mol. The molecule has 1 aromatic heterocycles. The predicted octanol–water partition coefficient (Wildman–Crippen LogP) is 2.95. The van der Waals surface area contributed by atoms with Crippen molar-refractivity contribution in [1.82, 2.24) is 15.1 Å². The number of nitriles is 1. The van der Waals surface area contributed by atoms with E-state index in [1.807, 2.05) is 13.8 Å². The Labute approximate surface area is 115 Å². The lowest BCUT2D eigenvalue weighted by Crippen LogP contribution is -2.33. The molecule has 1 rings (SSSR count). The lowest BCUT2D eigenvalue weighted by molar-refractivity contribution is 0.172. The van der Waals surface area contributed by atoms with Crippen molar-refractivity contribution in [2.75, 3.05) is 13.1 Å². The minimum Gasteiger partial charge on any atom is -0.424 e. The summed E-state index contributed by atoms with van der Waals surface area (Å²) in [7, 11) is 0. The van der Waals surface area contributed by atoms with Crippen LogP contribution in [0, 0.1) is 16.7 Å². The van der Waals surface area contributed by atoms with Crippen LogP contribution in [0.5, 0.6) is 0 Å². The van der Waals surface area contributed by atoms with E-state index in [1.54, 1.807) is 0 Å². The van der Waals surface area contributed by atoms with E-state index in [0.29, 0.717) is 24.7 Å². The maximum Gasteiger partial charge on any atom is 0.230 e. The van der Waals surface area contributed by atoms with Crippen molar-refractivity contribution in [2.24, 2.45) is 5.41 Å². The number of nitrogens with zero attached hydrogens (tertiary/aromatic N) is 4. The summed E-state index contributed by atoms with van der Waals surface area (Å²) >= 11 is 0. The van der Waals surface area contributed by atoms with Crippen molar-refractivity contribution < 1.29 is 4.42 Å². The Hall–Kier alpha value is -1.41. The molecule has 0 saturated heterocycles. The zero-order chi connectivity index (χ0) is 14.5. The second-order valence-corrected chi connectivity index (χ2v) is 6.37. The summed E-state index contributed by atoms with van der Waals surface area (Å²) in [6, 6.07) is 2.18. The molecule has 0 amide bonds. The first-order valence-electron chi connectivity index (χ1n) is 6.73. The van der Waals surface area contributed by atoms with Crippen molar-refractivity contribution in [1.29, 1.82) is 5.26 Å². The molecule has 0 atom stereocenters. The lowest BCUT2D eigenvalue weighted by atomic mass is 9.96. The summed E-state index contributed by atoms with van der Waals surface area (Å²) in [5.41, 5.74) is 0.177. The molecule has 106 valence electrons. The summed E-state index contributed by atoms with van der Waals surface area (Å²) in [4.78, 5) is 2.20. The van der Waals surface area contributed by atoms with E-state index in [9.17, 15) is 0 Å². The molecule has 0 radical (unpaired) electrons. The molecule has 1 heterocycles. The highest BCUT2D eigenvalue weighted by molar-refractivity contribution is 4.88. The van der Waals surface area contributed by atoms with E-state index in [1.165, 1.54) is 0 Å². The van der Waals surface area contributed by atoms with Crippen LogP contribution >= 0.6 is 0 Å². The average molecular weight is 264 g/mol. The van der Waals surface area contributed by atoms with Gasteiger partial charge in [0.05, 0.1) is 12.6 Å². The Bertz CT molecular complexity index is 425. The maximum absolute atomic E-state index is 8.73. The zero-order valence-corrected chi connectivity index (χ0v) is 12.6. The maximum atomic E-state index is 8.73. The van der Waals surface area contributed by atoms with Gasteiger partial charge in [-0.25, -0.2) is 0 Å². The molecule has 19 heavy (non-hydrogen) atoms. The normalized spacial score (nSPS) is 12.1. The molecule has 0 fully saturated rings. The van der Waals surface area contributed by atoms with Crippen LogP contribution in [-0.2, 0) is 6.54 Å². The number of hydrogen-bond acceptors (Lipinski definition) is 5. The molecule has 0 aromatic carbocycles. The Morgan fingerprint density at radius 1 is 1.32 bits per heavy atom. The van der Waals surface area contributed by atoms with Crippen molar-refractivity contribution in [3.05, 3.63) is 11.8 Å². The monoisotopic (exact) mass is 264 g/mol. The van der Waals surface area contributed by atoms with E-state index in [2.05, 4.69) is 41.9 Å². The minimum absolute atomic E-state index is 0.177. The van der Waals surface area contributed by atoms with Gasteiger partial charge < -0.3 is 4.42 Å². The summed E-state index contributed by atoms with van der Waals surface area (Å²) in [6.07, 6.45) is 0.515. The summed E-state index contributed by atoms with van der Waals surface area (Å²) in [6.45, 7) is 12.8. The molecule has 0 aliphatic rings. The van der Waals surface area contributed by atoms with Gasteiger partial charge in [-0.2, -0.15) is 5.26 Å². The largest absolute Gasteiger partial charge is 0.424 e. The first kappa shape index (κ1) is 15.6. The van der Waals surface area contributed by atoms with Crippen LogP contribution in [0.2, 0.25) is 0 Å². The number of rotatable bonds is 6. The van der Waals surface area contributed by atoms with Crippen LogP contribution in [-0.4, -0.2) is 28.2 Å². The molecule has 0 N–H and O–H groups in total. The molecule has 5 heteroatoms. The van der Waals surface area contributed by atoms with E-state index in [-0.39, 0.29) is 11.3 Å². The van der Waals surface area contributed by atoms with Crippen molar-refractivity contribution in [3.8, 4) is 6.07 Å². The van der Waals surface area contributed by atoms with Gasteiger partial charge in [0.15, 0.2) is 0 Å². The Morgan fingerprint density at radius 3 is 2.47 bits per heavy atom. The van der Waals surface area contributed by atoms with Gasteiger partial charge in [-0.1, -0.05) is 34.6 Å². The molecule has 0 bridgehead atoms. The Kier molecular flexibility index (Phi) is 5.49. The van der Waals surface area contributed by atoms with Gasteiger partial charge in [0.2, 0.25) is 11.8 Å². The highest BCUT2D eigenvalue weighted by atomic mass is 16.4. The third-order valence-electron chi connectivity index (χ3n) is 2.57. The zero-order valence-electron chi connectivity index (χ0n) is 12.6. The van der Waals surface area contributed by atoms with Gasteiger partial charge in [-0.05, 0) is 5.41 Å². The van der Waals surface area contributed by atoms with Crippen molar-refractivity contribution in [3.63, 3.8) is 0 Å². The Morgan fingerprint density at radius 2 is 2.00 bits per heavy atom. The SMILES string of the molecule is CC(C)c1nnc(CN(CCC#N)CC(C)(C)C)o1. The van der Waals surface area contributed by atoms with Gasteiger partial charge >= 0.3 is 0 Å². The first-order valence-corrected chi connectivity index (χ1v) is 6.73. The van der Waals surface area contributed by atoms with Crippen LogP contribution in [0.3, 0.4) is 0 Å². The van der Waals surface area contributed by atoms with E-state index >= 15 is 0 Å². The standard InChI is InChI=1S/C14H24N4O/c1-11(2)13-17-16-12(19-13)9-18(8-6-7-15)10-14(3,4)5/h11H,6,8-10H2,1-5H3. The summed E-state index contributed by atoms with van der Waals surface area (Å²) in [5, 5.41) is 16.8. The number of hydrogen-bond donors (Lipinski definition) is 0. The second-order valence-electron chi connectivity index (χ2n) is 6.37. The molecular formula is C14H24N4O. The van der Waals surface area contributed by atoms with Crippen LogP contribution in [0.25, 0.3) is 0 Å². The van der Waals surface area contributed by atoms with Gasteiger partial charge in [-0.15, -0.1) is 10.2 Å². The minimum atomic E-state index is 0.177. The fraction of sp³-hybridized carbons (Fsp3) is 0.786. The predicted molar refractivity (Wildman–Crippen MR) is 73.3 cm³/mol. The summed E-state index contributed by atoms with van der Waals surface area (Å²) in [5.74, 6) is 1.55. The topological polar surface area (TPSA) is 66.0 Å². The van der Waals surface area contributed by atoms with Gasteiger partial charge in [0.1, 0.15) is 0 Å². The van der Waals surface area contributed by atoms with Crippen LogP contribution < -0.4 is 0 Å². The summed E-state index contributed by atoms with van der Waals surface area (Å²) < 4.78 is 5.62. The number of aromatic nitrogens is 2. The van der Waals surface area contributed by atoms with E-state index < -0.39 is 0 Å². The van der Waals surface area contributed by atoms with E-state index in [4.69, 9.17) is 9.68 Å². The molecule has 0 saturated carbocycles. The Balaban J connectivity index is 2.67. The average Bonchev–Trinajstić information content (AvgIpc) is 2.72. The second kappa shape index (κ2) is 6.67. The third kappa shape index (κ3) is 5.84. The molecule has 1 aromatic rings. The van der Waals surface area contributed by atoms with Crippen molar-refractivity contribution in [2.45, 2.75) is 53.5 Å². The molecule has 0 aliphatic carbocycles. The highest BCUT2D eigenvalue weighted by Gasteiger charge is 2.19. The lowest BCUT2D eigenvalue weighted by Gasteiger charge is -2.28. The molecule has 0 spiro atoms. The molecule has 5 nitrogen and oxygen atoms in total. The van der Waals surface area contributed by atoms with Crippen LogP contribution in [0.15, 0.2) is 4.42 Å². The third-order valence-corrected chi connectivity index (χ3v) is 2.57. The fourth-order valence-corrected chi connectivity index (χ4v) is 1.85. The van der Waals surface area contributed by atoms with E-state index in [0.717, 1.165) is 13.1 Å². The van der Waals surface area contributed by atoms with Crippen LogP contribution in [0.4, 0.5) is 0 Å². The fourth-order valence-electron chi connectivity index (χ4n) is 1.85. The quantitative estimate of drug-likeness (QED) is 0.790.